The van der Waals surface area contributed by atoms with Gasteiger partial charge in [0.05, 0.1) is 5.52 Å². The monoisotopic (exact) mass is 303 g/mol. The molecule has 3 nitrogen and oxygen atoms in total. The number of nitrogens with one attached hydrogen (secondary N) is 1. The predicted molar refractivity (Wildman–Crippen MR) is 88.2 cm³/mol. The Morgan fingerprint density at radius 2 is 2.00 bits per heavy atom. The molecule has 1 saturated heterocycles. The maximum atomic E-state index is 6.25. The highest BCUT2D eigenvalue weighted by atomic mass is 35.5. The minimum atomic E-state index is 0.584. The van der Waals surface area contributed by atoms with Crippen molar-refractivity contribution in [1.29, 1.82) is 0 Å². The molecule has 1 aliphatic heterocycles. The van der Waals surface area contributed by atoms with Crippen LogP contribution in [-0.4, -0.2) is 22.1 Å². The molecule has 1 aromatic carbocycles. The van der Waals surface area contributed by atoms with Gasteiger partial charge in [-0.2, -0.15) is 0 Å². The summed E-state index contributed by atoms with van der Waals surface area (Å²) in [5.41, 5.74) is 5.79. The zero-order valence-corrected chi connectivity index (χ0v) is 13.4. The first-order valence-electron chi connectivity index (χ1n) is 7.71. The van der Waals surface area contributed by atoms with Gasteiger partial charge in [0.15, 0.2) is 0 Å². The van der Waals surface area contributed by atoms with Crippen LogP contribution in [0.5, 0.6) is 0 Å². The number of piperidine rings is 1. The summed E-state index contributed by atoms with van der Waals surface area (Å²) < 4.78 is 0. The van der Waals surface area contributed by atoms with Crippen LogP contribution >= 0.6 is 11.6 Å². The fourth-order valence-electron chi connectivity index (χ4n) is 3.25. The first-order chi connectivity index (χ1) is 10.2. The van der Waals surface area contributed by atoms with Gasteiger partial charge in [-0.05, 0) is 50.5 Å². The maximum absolute atomic E-state index is 6.25. The number of halogens is 1. The summed E-state index contributed by atoms with van der Waals surface area (Å²) in [5, 5.41) is 4.19. The largest absolute Gasteiger partial charge is 0.256 e. The summed E-state index contributed by atoms with van der Waals surface area (Å²) in [6.07, 6.45) is 5.67. The Hall–Kier alpha value is -1.16. The maximum Gasteiger partial charge on any atom is 0.0762 e. The van der Waals surface area contributed by atoms with Crippen molar-refractivity contribution in [2.24, 2.45) is 0 Å². The Morgan fingerprint density at radius 3 is 2.76 bits per heavy atom. The normalized spacial score (nSPS) is 23.6. The lowest BCUT2D eigenvalue weighted by atomic mass is 10.00. The van der Waals surface area contributed by atoms with Crippen molar-refractivity contribution in [2.75, 3.05) is 0 Å². The zero-order chi connectivity index (χ0) is 14.8. The molecule has 21 heavy (non-hydrogen) atoms. The Bertz CT molecular complexity index is 618. The molecule has 1 fully saturated rings. The van der Waals surface area contributed by atoms with E-state index in [1.54, 1.807) is 0 Å². The lowest BCUT2D eigenvalue weighted by molar-refractivity contribution is 0.0437. The third kappa shape index (κ3) is 3.05. The molecule has 2 unspecified atom stereocenters. The number of aromatic nitrogens is 1. The minimum absolute atomic E-state index is 0.584. The molecule has 0 radical (unpaired) electrons. The number of rotatable bonds is 3. The van der Waals surface area contributed by atoms with Crippen molar-refractivity contribution in [3.8, 4) is 0 Å². The number of hydrazine groups is 1. The van der Waals surface area contributed by atoms with E-state index in [0.717, 1.165) is 22.5 Å². The summed E-state index contributed by atoms with van der Waals surface area (Å²) in [5.74, 6) is 0. The summed E-state index contributed by atoms with van der Waals surface area (Å²) in [6, 6.07) is 9.16. The first-order valence-corrected chi connectivity index (χ1v) is 8.08. The lowest BCUT2D eigenvalue weighted by Gasteiger charge is -2.39. The number of hydrogen-bond donors (Lipinski definition) is 1. The van der Waals surface area contributed by atoms with E-state index in [0.29, 0.717) is 12.1 Å². The fourth-order valence-corrected chi connectivity index (χ4v) is 3.46. The fraction of sp³-hybridized carbons (Fsp3) is 0.471. The van der Waals surface area contributed by atoms with E-state index in [-0.39, 0.29) is 0 Å². The molecule has 0 spiro atoms. The molecule has 1 aliphatic rings. The van der Waals surface area contributed by atoms with Gasteiger partial charge in [-0.25, -0.2) is 5.01 Å². The van der Waals surface area contributed by atoms with Crippen molar-refractivity contribution in [2.45, 2.75) is 51.7 Å². The topological polar surface area (TPSA) is 28.2 Å². The van der Waals surface area contributed by atoms with Crippen LogP contribution in [0.2, 0.25) is 5.02 Å². The number of benzene rings is 1. The van der Waals surface area contributed by atoms with Crippen molar-refractivity contribution < 1.29 is 0 Å². The van der Waals surface area contributed by atoms with Gasteiger partial charge in [-0.15, -0.1) is 0 Å². The van der Waals surface area contributed by atoms with Crippen LogP contribution in [0.4, 0.5) is 0 Å². The number of hydrogen-bond acceptors (Lipinski definition) is 3. The van der Waals surface area contributed by atoms with Crippen LogP contribution < -0.4 is 5.43 Å². The molecule has 0 aliphatic carbocycles. The average Bonchev–Trinajstić information content (AvgIpc) is 2.49. The van der Waals surface area contributed by atoms with Crippen molar-refractivity contribution in [3.05, 3.63) is 41.0 Å². The van der Waals surface area contributed by atoms with Crippen LogP contribution in [0.15, 0.2) is 30.5 Å². The first kappa shape index (κ1) is 14.8. The zero-order valence-electron chi connectivity index (χ0n) is 12.6. The molecular formula is C17H22ClN3. The van der Waals surface area contributed by atoms with Crippen LogP contribution in [0, 0.1) is 0 Å². The van der Waals surface area contributed by atoms with E-state index < -0.39 is 0 Å². The number of nitrogens with zero attached hydrogens (tertiary/aromatic N) is 2. The van der Waals surface area contributed by atoms with E-state index in [1.807, 2.05) is 24.4 Å². The summed E-state index contributed by atoms with van der Waals surface area (Å²) in [4.78, 5) is 4.50. The predicted octanol–water partition coefficient (Wildman–Crippen LogP) is 4.16. The molecule has 2 atom stereocenters. The Kier molecular flexibility index (Phi) is 4.43. The molecule has 0 saturated carbocycles. The molecule has 4 heteroatoms. The van der Waals surface area contributed by atoms with Gasteiger partial charge in [-0.3, -0.25) is 10.4 Å². The highest BCUT2D eigenvalue weighted by molar-refractivity contribution is 6.35. The molecule has 1 aromatic heterocycles. The quantitative estimate of drug-likeness (QED) is 0.923. The Labute approximate surface area is 131 Å². The Balaban J connectivity index is 1.81. The standard InChI is InChI=1S/C17H22ClN3/c1-12-5-3-6-13(2)21(12)20-11-14-8-9-16(18)15-7-4-10-19-17(14)15/h4,7-10,12-13,20H,3,5-6,11H2,1-2H3. The van der Waals surface area contributed by atoms with Crippen molar-refractivity contribution in [3.63, 3.8) is 0 Å². The van der Waals surface area contributed by atoms with E-state index in [4.69, 9.17) is 11.6 Å². The molecule has 0 bridgehead atoms. The third-order valence-corrected chi connectivity index (χ3v) is 4.78. The second-order valence-corrected chi connectivity index (χ2v) is 6.38. The average molecular weight is 304 g/mol. The van der Waals surface area contributed by atoms with E-state index in [1.165, 1.54) is 24.8 Å². The summed E-state index contributed by atoms with van der Waals surface area (Å²) in [7, 11) is 0. The molecule has 2 aromatic rings. The minimum Gasteiger partial charge on any atom is -0.256 e. The second kappa shape index (κ2) is 6.30. The van der Waals surface area contributed by atoms with Crippen molar-refractivity contribution in [1.82, 2.24) is 15.4 Å². The van der Waals surface area contributed by atoms with Gasteiger partial charge in [0.1, 0.15) is 0 Å². The van der Waals surface area contributed by atoms with Gasteiger partial charge in [0, 0.05) is 35.2 Å². The second-order valence-electron chi connectivity index (χ2n) is 5.98. The van der Waals surface area contributed by atoms with Crippen LogP contribution in [0.25, 0.3) is 10.9 Å². The summed E-state index contributed by atoms with van der Waals surface area (Å²) in [6.45, 7) is 5.38. The van der Waals surface area contributed by atoms with Gasteiger partial charge in [0.2, 0.25) is 0 Å². The van der Waals surface area contributed by atoms with Gasteiger partial charge >= 0.3 is 0 Å². The van der Waals surface area contributed by atoms with Gasteiger partial charge in [-0.1, -0.05) is 24.1 Å². The molecule has 1 N–H and O–H groups in total. The third-order valence-electron chi connectivity index (χ3n) is 4.45. The molecule has 2 heterocycles. The van der Waals surface area contributed by atoms with Gasteiger partial charge in [0.25, 0.3) is 0 Å². The Morgan fingerprint density at radius 1 is 1.24 bits per heavy atom. The SMILES string of the molecule is CC1CCCC(C)N1NCc1ccc(Cl)c2cccnc12. The van der Waals surface area contributed by atoms with Gasteiger partial charge < -0.3 is 0 Å². The highest BCUT2D eigenvalue weighted by Crippen LogP contribution is 2.25. The van der Waals surface area contributed by atoms with E-state index in [9.17, 15) is 0 Å². The lowest BCUT2D eigenvalue weighted by Crippen LogP contribution is -2.51. The number of pyridine rings is 1. The molecule has 112 valence electrons. The van der Waals surface area contributed by atoms with E-state index >= 15 is 0 Å². The van der Waals surface area contributed by atoms with Crippen LogP contribution in [0.1, 0.15) is 38.7 Å². The van der Waals surface area contributed by atoms with Crippen LogP contribution in [-0.2, 0) is 6.54 Å². The van der Waals surface area contributed by atoms with Crippen LogP contribution in [0.3, 0.4) is 0 Å². The van der Waals surface area contributed by atoms with E-state index in [2.05, 4.69) is 35.3 Å². The number of fused-ring (bicyclic) bond motifs is 1. The smallest absolute Gasteiger partial charge is 0.0762 e. The van der Waals surface area contributed by atoms with Crippen molar-refractivity contribution >= 4 is 22.5 Å². The highest BCUT2D eigenvalue weighted by Gasteiger charge is 2.24. The molecular weight excluding hydrogens is 282 g/mol. The molecule has 3 rings (SSSR count). The summed E-state index contributed by atoms with van der Waals surface area (Å²) >= 11 is 6.25. The molecule has 0 amide bonds.